The summed E-state index contributed by atoms with van der Waals surface area (Å²) in [7, 11) is 0. The molecule has 2 aromatic rings. The summed E-state index contributed by atoms with van der Waals surface area (Å²) in [4.78, 5) is 29.8. The fourth-order valence-electron chi connectivity index (χ4n) is 4.15. The average Bonchev–Trinajstić information content (AvgIpc) is 2.73. The minimum atomic E-state index is -0.0110. The highest BCUT2D eigenvalue weighted by atomic mass is 16.2. The zero-order valence-electron chi connectivity index (χ0n) is 17.4. The van der Waals surface area contributed by atoms with Crippen LogP contribution in [0.2, 0.25) is 0 Å². The van der Waals surface area contributed by atoms with Gasteiger partial charge in [-0.1, -0.05) is 64.1 Å². The first-order chi connectivity index (χ1) is 13.5. The summed E-state index contributed by atoms with van der Waals surface area (Å²) in [6.07, 6.45) is 3.35. The molecule has 0 unspecified atom stereocenters. The van der Waals surface area contributed by atoms with Crippen LogP contribution in [0.25, 0.3) is 0 Å². The van der Waals surface area contributed by atoms with E-state index in [1.54, 1.807) is 9.80 Å². The lowest BCUT2D eigenvalue weighted by atomic mass is 9.99. The third-order valence-electron chi connectivity index (χ3n) is 5.66. The molecule has 1 aliphatic rings. The van der Waals surface area contributed by atoms with Gasteiger partial charge in [-0.15, -0.1) is 0 Å². The topological polar surface area (TPSA) is 40.6 Å². The van der Waals surface area contributed by atoms with E-state index in [1.807, 2.05) is 12.1 Å². The van der Waals surface area contributed by atoms with Crippen molar-refractivity contribution in [3.8, 4) is 0 Å². The summed E-state index contributed by atoms with van der Waals surface area (Å²) < 4.78 is 0. The molecule has 1 heterocycles. The van der Waals surface area contributed by atoms with Crippen molar-refractivity contribution in [2.24, 2.45) is 0 Å². The SMILES string of the molecule is CCc1cccc(CC)c1N1CC(=O)N(c2c(CC)cccc2CC)CC1=O. The standard InChI is InChI=1S/C24H30N2O2/c1-5-17-11-9-12-18(6-2)23(17)25-15-22(28)26(16-21(25)27)24-19(7-3)13-10-14-20(24)8-4/h9-14H,5-8,15-16H2,1-4H3. The maximum atomic E-state index is 13.2. The molecule has 2 amide bonds. The number of amides is 2. The molecule has 1 fully saturated rings. The normalized spacial score (nSPS) is 14.7. The second kappa shape index (κ2) is 8.59. The monoisotopic (exact) mass is 378 g/mol. The minimum absolute atomic E-state index is 0.0110. The van der Waals surface area contributed by atoms with Crippen LogP contribution in [0.15, 0.2) is 36.4 Å². The predicted molar refractivity (Wildman–Crippen MR) is 115 cm³/mol. The van der Waals surface area contributed by atoms with Gasteiger partial charge in [0.15, 0.2) is 0 Å². The molecule has 2 aromatic carbocycles. The molecule has 0 atom stereocenters. The molecule has 148 valence electrons. The van der Waals surface area contributed by atoms with Crippen molar-refractivity contribution in [3.63, 3.8) is 0 Å². The van der Waals surface area contributed by atoms with E-state index in [2.05, 4.69) is 52.0 Å². The van der Waals surface area contributed by atoms with Crippen LogP contribution in [-0.4, -0.2) is 24.9 Å². The highest BCUT2D eigenvalue weighted by molar-refractivity contribution is 6.13. The maximum Gasteiger partial charge on any atom is 0.247 e. The number of anilines is 2. The number of carbonyl (C=O) groups excluding carboxylic acids is 2. The van der Waals surface area contributed by atoms with Crippen molar-refractivity contribution in [3.05, 3.63) is 58.7 Å². The van der Waals surface area contributed by atoms with Crippen LogP contribution in [-0.2, 0) is 35.3 Å². The molecule has 0 radical (unpaired) electrons. The first-order valence-corrected chi connectivity index (χ1v) is 10.4. The van der Waals surface area contributed by atoms with Crippen LogP contribution in [0.3, 0.4) is 0 Å². The van der Waals surface area contributed by atoms with E-state index in [0.717, 1.165) is 59.3 Å². The number of nitrogens with zero attached hydrogens (tertiary/aromatic N) is 2. The summed E-state index contributed by atoms with van der Waals surface area (Å²) in [6, 6.07) is 12.3. The molecule has 0 aromatic heterocycles. The van der Waals surface area contributed by atoms with Crippen LogP contribution >= 0.6 is 0 Å². The van der Waals surface area contributed by atoms with Gasteiger partial charge in [0, 0.05) is 0 Å². The Balaban J connectivity index is 2.00. The van der Waals surface area contributed by atoms with Gasteiger partial charge in [-0.25, -0.2) is 0 Å². The molecule has 4 nitrogen and oxygen atoms in total. The lowest BCUT2D eigenvalue weighted by Gasteiger charge is -2.37. The Kier molecular flexibility index (Phi) is 6.18. The maximum absolute atomic E-state index is 13.2. The summed E-state index contributed by atoms with van der Waals surface area (Å²) in [5.41, 5.74) is 6.36. The van der Waals surface area contributed by atoms with Crippen LogP contribution in [0.1, 0.15) is 49.9 Å². The molecule has 0 N–H and O–H groups in total. The van der Waals surface area contributed by atoms with Gasteiger partial charge < -0.3 is 9.80 Å². The highest BCUT2D eigenvalue weighted by Gasteiger charge is 2.34. The van der Waals surface area contributed by atoms with Gasteiger partial charge in [-0.3, -0.25) is 9.59 Å². The number of rotatable bonds is 6. The van der Waals surface area contributed by atoms with Crippen molar-refractivity contribution in [1.82, 2.24) is 0 Å². The zero-order valence-corrected chi connectivity index (χ0v) is 17.4. The fourth-order valence-corrected chi connectivity index (χ4v) is 4.15. The van der Waals surface area contributed by atoms with E-state index in [9.17, 15) is 9.59 Å². The van der Waals surface area contributed by atoms with Gasteiger partial charge in [-0.05, 0) is 47.9 Å². The Hall–Kier alpha value is -2.62. The van der Waals surface area contributed by atoms with E-state index in [1.165, 1.54) is 0 Å². The second-order valence-corrected chi connectivity index (χ2v) is 7.22. The number of para-hydroxylation sites is 2. The Bertz CT molecular complexity index is 770. The van der Waals surface area contributed by atoms with Crippen LogP contribution in [0, 0.1) is 0 Å². The molecule has 1 aliphatic heterocycles. The van der Waals surface area contributed by atoms with Gasteiger partial charge in [0.2, 0.25) is 11.8 Å². The number of benzene rings is 2. The molecule has 0 aliphatic carbocycles. The lowest BCUT2D eigenvalue weighted by Crippen LogP contribution is -2.55. The van der Waals surface area contributed by atoms with E-state index >= 15 is 0 Å². The van der Waals surface area contributed by atoms with Crippen molar-refractivity contribution in [1.29, 1.82) is 0 Å². The van der Waals surface area contributed by atoms with Gasteiger partial charge in [-0.2, -0.15) is 0 Å². The third kappa shape index (κ3) is 3.56. The smallest absolute Gasteiger partial charge is 0.247 e. The van der Waals surface area contributed by atoms with E-state index < -0.39 is 0 Å². The summed E-state index contributed by atoms with van der Waals surface area (Å²) in [6.45, 7) is 8.56. The molecule has 3 rings (SSSR count). The Morgan fingerprint density at radius 2 is 0.893 bits per heavy atom. The van der Waals surface area contributed by atoms with Crippen LogP contribution in [0.5, 0.6) is 0 Å². The Morgan fingerprint density at radius 3 is 1.14 bits per heavy atom. The molecule has 1 saturated heterocycles. The average molecular weight is 379 g/mol. The lowest BCUT2D eigenvalue weighted by molar-refractivity contribution is -0.125. The first-order valence-electron chi connectivity index (χ1n) is 10.4. The van der Waals surface area contributed by atoms with Crippen molar-refractivity contribution < 1.29 is 9.59 Å². The van der Waals surface area contributed by atoms with E-state index in [-0.39, 0.29) is 24.9 Å². The molecule has 0 spiro atoms. The number of hydrogen-bond acceptors (Lipinski definition) is 2. The largest absolute Gasteiger partial charge is 0.301 e. The summed E-state index contributed by atoms with van der Waals surface area (Å²) in [5.74, 6) is -0.0219. The van der Waals surface area contributed by atoms with Gasteiger partial charge in [0.05, 0.1) is 11.4 Å². The van der Waals surface area contributed by atoms with Crippen LogP contribution < -0.4 is 9.80 Å². The molecule has 4 heteroatoms. The predicted octanol–water partition coefficient (Wildman–Crippen LogP) is 4.32. The Labute approximate surface area is 168 Å². The molecule has 0 bridgehead atoms. The van der Waals surface area contributed by atoms with Crippen LogP contribution in [0.4, 0.5) is 11.4 Å². The van der Waals surface area contributed by atoms with Crippen molar-refractivity contribution >= 4 is 23.2 Å². The first kappa shape index (κ1) is 20.1. The van der Waals surface area contributed by atoms with Crippen molar-refractivity contribution in [2.45, 2.75) is 53.4 Å². The summed E-state index contributed by atoms with van der Waals surface area (Å²) in [5, 5.41) is 0. The number of aryl methyl sites for hydroxylation is 4. The zero-order chi connectivity index (χ0) is 20.3. The molecular formula is C24H30N2O2. The summed E-state index contributed by atoms with van der Waals surface area (Å²) >= 11 is 0. The van der Waals surface area contributed by atoms with E-state index in [4.69, 9.17) is 0 Å². The van der Waals surface area contributed by atoms with Crippen molar-refractivity contribution in [2.75, 3.05) is 22.9 Å². The Morgan fingerprint density at radius 1 is 0.607 bits per heavy atom. The second-order valence-electron chi connectivity index (χ2n) is 7.22. The van der Waals surface area contributed by atoms with E-state index in [0.29, 0.717) is 0 Å². The van der Waals surface area contributed by atoms with Gasteiger partial charge in [0.1, 0.15) is 13.1 Å². The van der Waals surface area contributed by atoms with Gasteiger partial charge in [0.25, 0.3) is 0 Å². The molecular weight excluding hydrogens is 348 g/mol. The number of carbonyl (C=O) groups is 2. The molecule has 0 saturated carbocycles. The fraction of sp³-hybridized carbons (Fsp3) is 0.417. The number of hydrogen-bond donors (Lipinski definition) is 0. The van der Waals surface area contributed by atoms with Gasteiger partial charge >= 0.3 is 0 Å². The minimum Gasteiger partial charge on any atom is -0.301 e. The molecule has 28 heavy (non-hydrogen) atoms. The quantitative estimate of drug-likeness (QED) is 0.751. The third-order valence-corrected chi connectivity index (χ3v) is 5.66. The highest BCUT2D eigenvalue weighted by Crippen LogP contribution is 2.32. The number of piperazine rings is 1.